The van der Waals surface area contributed by atoms with Crippen LogP contribution in [0, 0.1) is 5.82 Å². The molecule has 1 saturated heterocycles. The molecule has 0 spiro atoms. The molecule has 1 atom stereocenters. The van der Waals surface area contributed by atoms with Gasteiger partial charge >= 0.3 is 0 Å². The predicted octanol–water partition coefficient (Wildman–Crippen LogP) is 3.93. The molecule has 4 rings (SSSR count). The van der Waals surface area contributed by atoms with Gasteiger partial charge in [-0.1, -0.05) is 12.1 Å². The Morgan fingerprint density at radius 2 is 2.00 bits per heavy atom. The molecule has 0 bridgehead atoms. The number of piperidine rings is 1. The molecule has 0 amide bonds. The number of fused-ring (bicyclic) bond motifs is 1. The van der Waals surface area contributed by atoms with Crippen molar-refractivity contribution in [1.29, 1.82) is 0 Å². The van der Waals surface area contributed by atoms with Crippen LogP contribution < -0.4 is 9.47 Å². The van der Waals surface area contributed by atoms with E-state index in [0.29, 0.717) is 12.5 Å². The number of para-hydroxylation sites is 1. The number of hydrogen-bond acceptors (Lipinski definition) is 4. The monoisotopic (exact) mass is 398 g/mol. The third-order valence-electron chi connectivity index (χ3n) is 5.69. The topological polar surface area (TPSA) is 57.7 Å². The largest absolute Gasteiger partial charge is 0.497 e. The quantitative estimate of drug-likeness (QED) is 0.633. The van der Waals surface area contributed by atoms with Crippen LogP contribution in [0.1, 0.15) is 24.3 Å². The van der Waals surface area contributed by atoms with Crippen LogP contribution in [0.25, 0.3) is 10.9 Å². The van der Waals surface area contributed by atoms with Crippen molar-refractivity contribution in [3.8, 4) is 11.5 Å². The van der Waals surface area contributed by atoms with Gasteiger partial charge in [-0.25, -0.2) is 4.39 Å². The van der Waals surface area contributed by atoms with E-state index >= 15 is 0 Å². The third kappa shape index (κ3) is 4.54. The molecular formula is C23H27FN2O3. The number of benzene rings is 2. The molecule has 1 unspecified atom stereocenters. The van der Waals surface area contributed by atoms with Crippen LogP contribution in [-0.2, 0) is 0 Å². The summed E-state index contributed by atoms with van der Waals surface area (Å²) in [5, 5.41) is 11.5. The Hall–Kier alpha value is -2.57. The van der Waals surface area contributed by atoms with Gasteiger partial charge in [0, 0.05) is 23.6 Å². The number of rotatable bonds is 7. The molecule has 2 heterocycles. The minimum Gasteiger partial charge on any atom is -0.497 e. The molecule has 0 saturated carbocycles. The van der Waals surface area contributed by atoms with Gasteiger partial charge in [0.15, 0.2) is 11.6 Å². The van der Waals surface area contributed by atoms with Crippen molar-refractivity contribution < 1.29 is 19.0 Å². The number of nitrogens with one attached hydrogen (secondary N) is 1. The molecule has 29 heavy (non-hydrogen) atoms. The molecule has 1 aliphatic rings. The molecule has 3 aromatic rings. The first-order valence-corrected chi connectivity index (χ1v) is 10.1. The SMILES string of the molecule is COc1ccc2[nH]cc(C3CCN(CC(O)COc4ccccc4F)CC3)c2c1. The van der Waals surface area contributed by atoms with E-state index in [1.807, 2.05) is 6.07 Å². The second-order valence-electron chi connectivity index (χ2n) is 7.63. The molecule has 2 N–H and O–H groups in total. The normalized spacial score (nSPS) is 16.8. The van der Waals surface area contributed by atoms with Gasteiger partial charge in [-0.05, 0) is 67.7 Å². The number of methoxy groups -OCH3 is 1. The Bertz CT molecular complexity index is 950. The molecular weight excluding hydrogens is 371 g/mol. The van der Waals surface area contributed by atoms with Crippen molar-refractivity contribution in [1.82, 2.24) is 9.88 Å². The van der Waals surface area contributed by atoms with E-state index in [4.69, 9.17) is 9.47 Å². The first-order chi connectivity index (χ1) is 14.1. The van der Waals surface area contributed by atoms with Crippen LogP contribution in [-0.4, -0.2) is 54.4 Å². The van der Waals surface area contributed by atoms with Gasteiger partial charge in [-0.2, -0.15) is 0 Å². The summed E-state index contributed by atoms with van der Waals surface area (Å²) in [6.07, 6.45) is 3.53. The maximum atomic E-state index is 13.6. The van der Waals surface area contributed by atoms with Crippen LogP contribution in [0.5, 0.6) is 11.5 Å². The maximum Gasteiger partial charge on any atom is 0.165 e. The van der Waals surface area contributed by atoms with Crippen molar-refractivity contribution >= 4 is 10.9 Å². The van der Waals surface area contributed by atoms with Gasteiger partial charge in [0.1, 0.15) is 18.5 Å². The maximum absolute atomic E-state index is 13.6. The number of aliphatic hydroxyl groups excluding tert-OH is 1. The van der Waals surface area contributed by atoms with E-state index in [0.717, 1.165) is 37.2 Å². The standard InChI is InChI=1S/C23H27FN2O3/c1-28-18-6-7-22-19(12-18)20(13-25-22)16-8-10-26(11-9-16)14-17(27)15-29-23-5-3-2-4-21(23)24/h2-7,12-13,16-17,25,27H,8-11,14-15H2,1H3. The van der Waals surface area contributed by atoms with E-state index < -0.39 is 11.9 Å². The van der Waals surface area contributed by atoms with Gasteiger partial charge in [0.25, 0.3) is 0 Å². The van der Waals surface area contributed by atoms with Crippen molar-refractivity contribution in [2.24, 2.45) is 0 Å². The van der Waals surface area contributed by atoms with Crippen molar-refractivity contribution in [2.45, 2.75) is 24.9 Å². The zero-order chi connectivity index (χ0) is 20.2. The second-order valence-corrected chi connectivity index (χ2v) is 7.63. The van der Waals surface area contributed by atoms with Crippen molar-refractivity contribution in [3.05, 3.63) is 60.0 Å². The lowest BCUT2D eigenvalue weighted by Crippen LogP contribution is -2.40. The average molecular weight is 398 g/mol. The Morgan fingerprint density at radius 3 is 2.76 bits per heavy atom. The van der Waals surface area contributed by atoms with Crippen LogP contribution in [0.2, 0.25) is 0 Å². The van der Waals surface area contributed by atoms with Crippen LogP contribution >= 0.6 is 0 Å². The number of aromatic nitrogens is 1. The number of nitrogens with zero attached hydrogens (tertiary/aromatic N) is 1. The highest BCUT2D eigenvalue weighted by molar-refractivity contribution is 5.85. The molecule has 0 aliphatic carbocycles. The average Bonchev–Trinajstić information content (AvgIpc) is 3.17. The van der Waals surface area contributed by atoms with Crippen LogP contribution in [0.15, 0.2) is 48.7 Å². The van der Waals surface area contributed by atoms with Crippen molar-refractivity contribution in [3.63, 3.8) is 0 Å². The lowest BCUT2D eigenvalue weighted by Gasteiger charge is -2.33. The first kappa shape index (κ1) is 19.7. The summed E-state index contributed by atoms with van der Waals surface area (Å²) >= 11 is 0. The zero-order valence-corrected chi connectivity index (χ0v) is 16.6. The van der Waals surface area contributed by atoms with Gasteiger partial charge in [-0.15, -0.1) is 0 Å². The number of β-amino-alcohol motifs (C(OH)–C–C–N with tert-alkyl or cyclic N) is 1. The van der Waals surface area contributed by atoms with E-state index in [-0.39, 0.29) is 12.4 Å². The fraction of sp³-hybridized carbons (Fsp3) is 0.391. The third-order valence-corrected chi connectivity index (χ3v) is 5.69. The molecule has 5 nitrogen and oxygen atoms in total. The number of aliphatic hydroxyl groups is 1. The number of hydrogen-bond donors (Lipinski definition) is 2. The fourth-order valence-electron chi connectivity index (χ4n) is 4.11. The summed E-state index contributed by atoms with van der Waals surface area (Å²) in [7, 11) is 1.69. The Labute approximate surface area is 170 Å². The van der Waals surface area contributed by atoms with E-state index in [1.165, 1.54) is 17.0 Å². The van der Waals surface area contributed by atoms with E-state index in [2.05, 4.69) is 28.2 Å². The summed E-state index contributed by atoms with van der Waals surface area (Å²) in [6, 6.07) is 12.4. The second kappa shape index (κ2) is 8.84. The van der Waals surface area contributed by atoms with E-state index in [9.17, 15) is 9.50 Å². The lowest BCUT2D eigenvalue weighted by molar-refractivity contribution is 0.0583. The van der Waals surface area contributed by atoms with Gasteiger partial charge < -0.3 is 24.5 Å². The number of halogens is 1. The van der Waals surface area contributed by atoms with Gasteiger partial charge in [0.05, 0.1) is 7.11 Å². The molecule has 6 heteroatoms. The van der Waals surface area contributed by atoms with Gasteiger partial charge in [-0.3, -0.25) is 0 Å². The lowest BCUT2D eigenvalue weighted by atomic mass is 9.89. The summed E-state index contributed by atoms with van der Waals surface area (Å²) in [5.41, 5.74) is 2.46. The van der Waals surface area contributed by atoms with Gasteiger partial charge in [0.2, 0.25) is 0 Å². The highest BCUT2D eigenvalue weighted by Gasteiger charge is 2.24. The van der Waals surface area contributed by atoms with Crippen LogP contribution in [0.3, 0.4) is 0 Å². The Morgan fingerprint density at radius 1 is 1.21 bits per heavy atom. The fourth-order valence-corrected chi connectivity index (χ4v) is 4.11. The molecule has 1 aromatic heterocycles. The zero-order valence-electron chi connectivity index (χ0n) is 16.6. The molecule has 1 fully saturated rings. The molecule has 154 valence electrons. The number of H-pyrrole nitrogens is 1. The molecule has 2 aromatic carbocycles. The Balaban J connectivity index is 1.30. The summed E-state index contributed by atoms with van der Waals surface area (Å²) < 4.78 is 24.4. The number of ether oxygens (including phenoxy) is 2. The number of likely N-dealkylation sites (tertiary alicyclic amines) is 1. The highest BCUT2D eigenvalue weighted by Crippen LogP contribution is 2.34. The minimum atomic E-state index is -0.650. The van der Waals surface area contributed by atoms with Crippen LogP contribution in [0.4, 0.5) is 4.39 Å². The predicted molar refractivity (Wildman–Crippen MR) is 111 cm³/mol. The highest BCUT2D eigenvalue weighted by atomic mass is 19.1. The molecule has 0 radical (unpaired) electrons. The van der Waals surface area contributed by atoms with E-state index in [1.54, 1.807) is 25.3 Å². The number of aromatic amines is 1. The molecule has 1 aliphatic heterocycles. The summed E-state index contributed by atoms with van der Waals surface area (Å²) in [5.74, 6) is 1.13. The Kier molecular flexibility index (Phi) is 6.02. The summed E-state index contributed by atoms with van der Waals surface area (Å²) in [6.45, 7) is 2.45. The summed E-state index contributed by atoms with van der Waals surface area (Å²) in [4.78, 5) is 5.61. The minimum absolute atomic E-state index is 0.0864. The smallest absolute Gasteiger partial charge is 0.165 e. The first-order valence-electron chi connectivity index (χ1n) is 10.1. The van der Waals surface area contributed by atoms with Crippen molar-refractivity contribution in [2.75, 3.05) is 33.4 Å².